The number of carbonyl (C=O) groups excluding carboxylic acids is 2. The summed E-state index contributed by atoms with van der Waals surface area (Å²) < 4.78 is 11.7. The number of likely N-dealkylation sites (tertiary alicyclic amines) is 1. The molecule has 2 aromatic carbocycles. The summed E-state index contributed by atoms with van der Waals surface area (Å²) >= 11 is 3.42. The van der Waals surface area contributed by atoms with E-state index >= 15 is 0 Å². The number of aliphatic hydroxyl groups excluding tert-OH is 1. The number of aliphatic hydroxyl groups is 1. The lowest BCUT2D eigenvalue weighted by Crippen LogP contribution is -2.36. The summed E-state index contributed by atoms with van der Waals surface area (Å²) in [5.41, 5.74) is 1.30. The van der Waals surface area contributed by atoms with Crippen molar-refractivity contribution >= 4 is 33.4 Å². The summed E-state index contributed by atoms with van der Waals surface area (Å²) in [7, 11) is 1.55. The molecule has 0 bridgehead atoms. The number of Topliss-reactive ketones (excluding diaryl/α,β-unsaturated/α-hetero) is 1. The summed E-state index contributed by atoms with van der Waals surface area (Å²) in [6.45, 7) is 0.966. The Morgan fingerprint density at radius 2 is 1.87 bits per heavy atom. The normalized spacial score (nSPS) is 23.2. The van der Waals surface area contributed by atoms with Crippen molar-refractivity contribution in [3.05, 3.63) is 69.7 Å². The number of carbonyl (C=O) groups is 2. The van der Waals surface area contributed by atoms with Gasteiger partial charge in [-0.05, 0) is 54.8 Å². The third-order valence-electron chi connectivity index (χ3n) is 5.51. The van der Waals surface area contributed by atoms with E-state index in [-0.39, 0.29) is 17.4 Å². The zero-order valence-electron chi connectivity index (χ0n) is 16.5. The Morgan fingerprint density at radius 3 is 2.47 bits per heavy atom. The fraction of sp³-hybridized carbons (Fsp3) is 0.304. The van der Waals surface area contributed by atoms with Crippen LogP contribution in [0.1, 0.15) is 30.0 Å². The number of benzene rings is 2. The van der Waals surface area contributed by atoms with Crippen LogP contribution in [0.25, 0.3) is 5.76 Å². The lowest BCUT2D eigenvalue weighted by atomic mass is 9.95. The zero-order chi connectivity index (χ0) is 21.3. The maximum Gasteiger partial charge on any atom is 0.295 e. The van der Waals surface area contributed by atoms with Crippen LogP contribution in [0, 0.1) is 0 Å². The van der Waals surface area contributed by atoms with Gasteiger partial charge in [0.1, 0.15) is 11.5 Å². The molecule has 1 N–H and O–H groups in total. The number of halogens is 1. The Labute approximate surface area is 183 Å². The third-order valence-corrected chi connectivity index (χ3v) is 6.04. The Morgan fingerprint density at radius 1 is 1.17 bits per heavy atom. The van der Waals surface area contributed by atoms with E-state index in [1.54, 1.807) is 31.4 Å². The average molecular weight is 472 g/mol. The first-order valence-electron chi connectivity index (χ1n) is 9.79. The fourth-order valence-corrected chi connectivity index (χ4v) is 4.24. The number of amides is 1. The molecule has 2 saturated heterocycles. The predicted octanol–water partition coefficient (Wildman–Crippen LogP) is 4.06. The van der Waals surface area contributed by atoms with Crippen molar-refractivity contribution < 1.29 is 24.2 Å². The maximum atomic E-state index is 13.0. The minimum absolute atomic E-state index is 0.0884. The summed E-state index contributed by atoms with van der Waals surface area (Å²) in [4.78, 5) is 27.5. The van der Waals surface area contributed by atoms with Gasteiger partial charge < -0.3 is 19.5 Å². The molecule has 2 fully saturated rings. The number of rotatable bonds is 5. The summed E-state index contributed by atoms with van der Waals surface area (Å²) in [6, 6.07) is 13.5. The van der Waals surface area contributed by atoms with Crippen LogP contribution in [0.2, 0.25) is 0 Å². The van der Waals surface area contributed by atoms with Gasteiger partial charge in [-0.15, -0.1) is 0 Å². The van der Waals surface area contributed by atoms with Crippen molar-refractivity contribution in [2.75, 3.05) is 20.3 Å². The molecule has 0 radical (unpaired) electrons. The van der Waals surface area contributed by atoms with Gasteiger partial charge in [0.25, 0.3) is 11.7 Å². The van der Waals surface area contributed by atoms with Crippen molar-refractivity contribution in [3.8, 4) is 5.75 Å². The van der Waals surface area contributed by atoms with Crippen LogP contribution in [0.15, 0.2) is 58.6 Å². The van der Waals surface area contributed by atoms with E-state index in [0.29, 0.717) is 24.5 Å². The Kier molecular flexibility index (Phi) is 5.92. The van der Waals surface area contributed by atoms with Gasteiger partial charge in [-0.3, -0.25) is 9.59 Å². The number of nitrogens with zero attached hydrogens (tertiary/aromatic N) is 1. The first-order valence-corrected chi connectivity index (χ1v) is 10.6. The molecule has 30 heavy (non-hydrogen) atoms. The van der Waals surface area contributed by atoms with Crippen LogP contribution in [0.3, 0.4) is 0 Å². The second-order valence-electron chi connectivity index (χ2n) is 7.37. The first kappa shape index (κ1) is 20.6. The molecule has 0 saturated carbocycles. The molecule has 0 unspecified atom stereocenters. The second kappa shape index (κ2) is 8.62. The molecule has 0 spiro atoms. The van der Waals surface area contributed by atoms with Crippen LogP contribution in [-0.2, 0) is 14.3 Å². The summed E-state index contributed by atoms with van der Waals surface area (Å²) in [5, 5.41) is 11.0. The molecule has 7 heteroatoms. The monoisotopic (exact) mass is 471 g/mol. The first-order chi connectivity index (χ1) is 14.5. The highest BCUT2D eigenvalue weighted by Gasteiger charge is 2.47. The molecular formula is C23H22BrNO5. The van der Waals surface area contributed by atoms with Crippen LogP contribution < -0.4 is 4.74 Å². The van der Waals surface area contributed by atoms with E-state index in [2.05, 4.69) is 15.9 Å². The molecular weight excluding hydrogens is 450 g/mol. The van der Waals surface area contributed by atoms with Gasteiger partial charge in [-0.25, -0.2) is 0 Å². The van der Waals surface area contributed by atoms with Gasteiger partial charge in [0.05, 0.1) is 24.8 Å². The lowest BCUT2D eigenvalue weighted by molar-refractivity contribution is -0.140. The summed E-state index contributed by atoms with van der Waals surface area (Å²) in [6.07, 6.45) is 1.67. The molecule has 1 amide bonds. The minimum Gasteiger partial charge on any atom is -0.507 e. The van der Waals surface area contributed by atoms with Crippen molar-refractivity contribution in [1.82, 2.24) is 4.90 Å². The topological polar surface area (TPSA) is 76.1 Å². The summed E-state index contributed by atoms with van der Waals surface area (Å²) in [5.74, 6) is -0.865. The van der Waals surface area contributed by atoms with Crippen LogP contribution in [0.5, 0.6) is 5.75 Å². The van der Waals surface area contributed by atoms with Crippen LogP contribution in [-0.4, -0.2) is 48.1 Å². The molecule has 2 atom stereocenters. The molecule has 2 aliphatic rings. The van der Waals surface area contributed by atoms with E-state index in [0.717, 1.165) is 22.9 Å². The molecule has 2 aromatic rings. The molecule has 0 aromatic heterocycles. The fourth-order valence-electron chi connectivity index (χ4n) is 3.97. The van der Waals surface area contributed by atoms with Gasteiger partial charge >= 0.3 is 0 Å². The highest BCUT2D eigenvalue weighted by atomic mass is 79.9. The standard InChI is InChI=1S/C23H22BrNO5/c1-29-17-10-6-15(7-11-17)21(26)19-20(14-4-8-16(24)9-5-14)25(23(28)22(19)27)13-18-3-2-12-30-18/h4-11,18,20,26H,2-3,12-13H2,1H3/b21-19+/t18-,20+/m0/s1. The van der Waals surface area contributed by atoms with Crippen LogP contribution in [0.4, 0.5) is 0 Å². The van der Waals surface area contributed by atoms with Crippen molar-refractivity contribution in [1.29, 1.82) is 0 Å². The highest BCUT2D eigenvalue weighted by Crippen LogP contribution is 2.40. The smallest absolute Gasteiger partial charge is 0.295 e. The predicted molar refractivity (Wildman–Crippen MR) is 115 cm³/mol. The third kappa shape index (κ3) is 3.87. The van der Waals surface area contributed by atoms with Gasteiger partial charge in [0.2, 0.25) is 0 Å². The molecule has 4 rings (SSSR count). The molecule has 2 aliphatic heterocycles. The number of ether oxygens (including phenoxy) is 2. The zero-order valence-corrected chi connectivity index (χ0v) is 18.1. The molecule has 2 heterocycles. The molecule has 0 aliphatic carbocycles. The number of hydrogen-bond acceptors (Lipinski definition) is 5. The van der Waals surface area contributed by atoms with Gasteiger partial charge in [0.15, 0.2) is 0 Å². The van der Waals surface area contributed by atoms with Gasteiger partial charge in [-0.2, -0.15) is 0 Å². The minimum atomic E-state index is -0.686. The Bertz CT molecular complexity index is 978. The Balaban J connectivity index is 1.80. The highest BCUT2D eigenvalue weighted by molar-refractivity contribution is 9.10. The van der Waals surface area contributed by atoms with E-state index in [1.807, 2.05) is 24.3 Å². The maximum absolute atomic E-state index is 13.0. The van der Waals surface area contributed by atoms with Crippen molar-refractivity contribution in [2.24, 2.45) is 0 Å². The van der Waals surface area contributed by atoms with Gasteiger partial charge in [-0.1, -0.05) is 28.1 Å². The van der Waals surface area contributed by atoms with E-state index in [9.17, 15) is 14.7 Å². The quantitative estimate of drug-likeness (QED) is 0.404. The number of methoxy groups -OCH3 is 1. The van der Waals surface area contributed by atoms with E-state index in [4.69, 9.17) is 9.47 Å². The van der Waals surface area contributed by atoms with E-state index < -0.39 is 17.7 Å². The van der Waals surface area contributed by atoms with Crippen molar-refractivity contribution in [3.63, 3.8) is 0 Å². The van der Waals surface area contributed by atoms with Gasteiger partial charge in [0, 0.05) is 23.2 Å². The molecule has 6 nitrogen and oxygen atoms in total. The van der Waals surface area contributed by atoms with Crippen molar-refractivity contribution in [2.45, 2.75) is 25.0 Å². The van der Waals surface area contributed by atoms with Crippen LogP contribution >= 0.6 is 15.9 Å². The average Bonchev–Trinajstić information content (AvgIpc) is 3.36. The Hall–Kier alpha value is -2.64. The lowest BCUT2D eigenvalue weighted by Gasteiger charge is -2.27. The van der Waals surface area contributed by atoms with E-state index in [1.165, 1.54) is 4.90 Å². The largest absolute Gasteiger partial charge is 0.507 e. The SMILES string of the molecule is COc1ccc(/C(O)=C2\C(=O)C(=O)N(C[C@@H]3CCCO3)[C@@H]2c2ccc(Br)cc2)cc1. The number of hydrogen-bond donors (Lipinski definition) is 1. The second-order valence-corrected chi connectivity index (χ2v) is 8.28. The molecule has 156 valence electrons. The number of ketones is 1.